The first kappa shape index (κ1) is 27.7. The molecule has 0 aromatic heterocycles. The molecule has 0 amide bonds. The Balaban J connectivity index is 1.68. The van der Waals surface area contributed by atoms with E-state index in [2.05, 4.69) is 4.90 Å². The monoisotopic (exact) mass is 503 g/mol. The molecule has 0 bridgehead atoms. The van der Waals surface area contributed by atoms with Crippen molar-refractivity contribution in [2.45, 2.75) is 53.6 Å². The quantitative estimate of drug-likeness (QED) is 0.256. The van der Waals surface area contributed by atoms with Crippen molar-refractivity contribution in [2.75, 3.05) is 46.6 Å². The van der Waals surface area contributed by atoms with E-state index in [-0.39, 0.29) is 36.2 Å². The summed E-state index contributed by atoms with van der Waals surface area (Å²) in [7, 11) is 1.55. The average molecular weight is 504 g/mol. The minimum absolute atomic E-state index is 0.116. The molecule has 0 atom stereocenters. The molecule has 1 fully saturated rings. The summed E-state index contributed by atoms with van der Waals surface area (Å²) in [6.07, 6.45) is 3.12. The van der Waals surface area contributed by atoms with Crippen molar-refractivity contribution in [3.63, 3.8) is 0 Å². The molecular weight excluding hydrogens is 466 g/mol. The summed E-state index contributed by atoms with van der Waals surface area (Å²) in [5.74, 6) is -0.805. The summed E-state index contributed by atoms with van der Waals surface area (Å²) in [6.45, 7) is 11.6. The second-order valence-electron chi connectivity index (χ2n) is 9.40. The van der Waals surface area contributed by atoms with Crippen molar-refractivity contribution in [1.29, 1.82) is 0 Å². The topological polar surface area (TPSA) is 101 Å². The molecule has 198 valence electrons. The van der Waals surface area contributed by atoms with Crippen LogP contribution in [0.1, 0.15) is 60.7 Å². The van der Waals surface area contributed by atoms with Crippen LogP contribution in [0.2, 0.25) is 0 Å². The second-order valence-corrected chi connectivity index (χ2v) is 9.40. The van der Waals surface area contributed by atoms with Gasteiger partial charge in [0.1, 0.15) is 24.5 Å². The molecule has 3 rings (SSSR count). The van der Waals surface area contributed by atoms with Crippen molar-refractivity contribution in [3.05, 3.63) is 33.9 Å². The summed E-state index contributed by atoms with van der Waals surface area (Å²) < 4.78 is 27.3. The number of morpholine rings is 1. The van der Waals surface area contributed by atoms with E-state index in [4.69, 9.17) is 23.7 Å². The Hall–Kier alpha value is -2.91. The minimum Gasteiger partial charge on any atom is -0.496 e. The van der Waals surface area contributed by atoms with E-state index in [0.29, 0.717) is 56.1 Å². The van der Waals surface area contributed by atoms with E-state index < -0.39 is 11.9 Å². The van der Waals surface area contributed by atoms with Crippen LogP contribution in [-0.4, -0.2) is 69.4 Å². The van der Waals surface area contributed by atoms with Gasteiger partial charge in [-0.3, -0.25) is 14.5 Å². The average Bonchev–Trinajstić information content (AvgIpc) is 3.25. The van der Waals surface area contributed by atoms with E-state index in [9.17, 15) is 14.4 Å². The predicted octanol–water partition coefficient (Wildman–Crippen LogP) is 3.38. The predicted molar refractivity (Wildman–Crippen MR) is 132 cm³/mol. The van der Waals surface area contributed by atoms with E-state index >= 15 is 0 Å². The number of methoxy groups -OCH3 is 1. The normalized spacial score (nSPS) is 16.1. The fourth-order valence-electron chi connectivity index (χ4n) is 4.20. The maximum atomic E-state index is 12.5. The van der Waals surface area contributed by atoms with Gasteiger partial charge >= 0.3 is 17.9 Å². The van der Waals surface area contributed by atoms with Gasteiger partial charge < -0.3 is 23.7 Å². The Labute approximate surface area is 212 Å². The van der Waals surface area contributed by atoms with Gasteiger partial charge in [-0.1, -0.05) is 25.5 Å². The van der Waals surface area contributed by atoms with E-state index in [0.717, 1.165) is 24.2 Å². The van der Waals surface area contributed by atoms with E-state index in [1.807, 2.05) is 19.9 Å². The third kappa shape index (κ3) is 6.85. The number of nitrogens with zero attached hydrogens (tertiary/aromatic N) is 1. The molecule has 0 N–H and O–H groups in total. The summed E-state index contributed by atoms with van der Waals surface area (Å²) in [5.41, 5.74) is 3.32. The Kier molecular flexibility index (Phi) is 9.89. The third-order valence-corrected chi connectivity index (χ3v) is 6.45. The smallest absolute Gasteiger partial charge is 0.342 e. The first-order chi connectivity index (χ1) is 17.2. The highest BCUT2D eigenvalue weighted by atomic mass is 16.6. The largest absolute Gasteiger partial charge is 0.496 e. The number of hydrogen-bond donors (Lipinski definition) is 0. The molecule has 0 spiro atoms. The molecule has 2 aliphatic heterocycles. The fourth-order valence-corrected chi connectivity index (χ4v) is 4.20. The number of esters is 3. The van der Waals surface area contributed by atoms with Crippen LogP contribution in [0.4, 0.5) is 0 Å². The van der Waals surface area contributed by atoms with Gasteiger partial charge in [0.2, 0.25) is 0 Å². The van der Waals surface area contributed by atoms with E-state index in [1.165, 1.54) is 0 Å². The SMILES string of the molecule is COc1c(C)c2c(c(OC(=O)C(C)C)c1CC=C(C)CCC(=O)OCCN1CCOCC1)C(=O)OC2. The van der Waals surface area contributed by atoms with Crippen molar-refractivity contribution < 1.29 is 38.1 Å². The molecule has 0 radical (unpaired) electrons. The van der Waals surface area contributed by atoms with Gasteiger partial charge in [-0.2, -0.15) is 0 Å². The maximum absolute atomic E-state index is 12.5. The van der Waals surface area contributed by atoms with Gasteiger partial charge in [0, 0.05) is 37.2 Å². The van der Waals surface area contributed by atoms with Gasteiger partial charge in [-0.05, 0) is 32.3 Å². The minimum atomic E-state index is -0.510. The molecule has 2 aliphatic rings. The highest BCUT2D eigenvalue weighted by Crippen LogP contribution is 2.43. The Bertz CT molecular complexity index is 1010. The Morgan fingerprint density at radius 2 is 1.86 bits per heavy atom. The van der Waals surface area contributed by atoms with Gasteiger partial charge in [-0.15, -0.1) is 0 Å². The molecule has 36 heavy (non-hydrogen) atoms. The highest BCUT2D eigenvalue weighted by molar-refractivity contribution is 5.99. The lowest BCUT2D eigenvalue weighted by molar-refractivity contribution is -0.144. The summed E-state index contributed by atoms with van der Waals surface area (Å²) >= 11 is 0. The van der Waals surface area contributed by atoms with Crippen LogP contribution in [0.5, 0.6) is 11.5 Å². The number of benzene rings is 1. The number of fused-ring (bicyclic) bond motifs is 1. The van der Waals surface area contributed by atoms with Crippen molar-refractivity contribution in [3.8, 4) is 11.5 Å². The van der Waals surface area contributed by atoms with Gasteiger partial charge in [-0.25, -0.2) is 4.79 Å². The summed E-state index contributed by atoms with van der Waals surface area (Å²) in [5, 5.41) is 0. The summed E-state index contributed by atoms with van der Waals surface area (Å²) in [6, 6.07) is 0. The van der Waals surface area contributed by atoms with Crippen molar-refractivity contribution in [2.24, 2.45) is 5.92 Å². The Morgan fingerprint density at radius 1 is 1.14 bits per heavy atom. The van der Waals surface area contributed by atoms with Crippen LogP contribution in [0.15, 0.2) is 11.6 Å². The molecule has 1 saturated heterocycles. The Morgan fingerprint density at radius 3 is 2.53 bits per heavy atom. The van der Waals surface area contributed by atoms with Crippen LogP contribution >= 0.6 is 0 Å². The van der Waals surface area contributed by atoms with Crippen LogP contribution < -0.4 is 9.47 Å². The molecule has 0 saturated carbocycles. The number of hydrogen-bond acceptors (Lipinski definition) is 9. The first-order valence-electron chi connectivity index (χ1n) is 12.4. The number of allylic oxidation sites excluding steroid dienone is 2. The van der Waals surface area contributed by atoms with Crippen molar-refractivity contribution in [1.82, 2.24) is 4.90 Å². The maximum Gasteiger partial charge on any atom is 0.342 e. The number of ether oxygens (including phenoxy) is 5. The molecule has 1 aromatic rings. The van der Waals surface area contributed by atoms with Gasteiger partial charge in [0.25, 0.3) is 0 Å². The molecule has 0 unspecified atom stereocenters. The standard InChI is InChI=1S/C27H37NO8/c1-17(2)26(30)36-25-20(24(32-5)19(4)21-16-35-27(31)23(21)25)8-6-18(3)7-9-22(29)34-15-12-28-10-13-33-14-11-28/h6,17H,7-16H2,1-5H3. The molecular formula is C27H37NO8. The van der Waals surface area contributed by atoms with Gasteiger partial charge in [0.05, 0.1) is 26.2 Å². The highest BCUT2D eigenvalue weighted by Gasteiger charge is 2.34. The van der Waals surface area contributed by atoms with Crippen LogP contribution in [0.3, 0.4) is 0 Å². The molecule has 9 heteroatoms. The van der Waals surface area contributed by atoms with Crippen LogP contribution in [0.25, 0.3) is 0 Å². The lowest BCUT2D eigenvalue weighted by atomic mass is 9.94. The zero-order chi connectivity index (χ0) is 26.2. The number of carbonyl (C=O) groups excluding carboxylic acids is 3. The lowest BCUT2D eigenvalue weighted by Gasteiger charge is -2.26. The zero-order valence-electron chi connectivity index (χ0n) is 21.9. The third-order valence-electron chi connectivity index (χ3n) is 6.45. The van der Waals surface area contributed by atoms with E-state index in [1.54, 1.807) is 21.0 Å². The van der Waals surface area contributed by atoms with Crippen LogP contribution in [0, 0.1) is 12.8 Å². The van der Waals surface area contributed by atoms with Crippen LogP contribution in [-0.2, 0) is 36.8 Å². The number of carbonyl (C=O) groups is 3. The fraction of sp³-hybridized carbons (Fsp3) is 0.593. The molecule has 0 aliphatic carbocycles. The first-order valence-corrected chi connectivity index (χ1v) is 12.4. The number of cyclic esters (lactones) is 1. The summed E-state index contributed by atoms with van der Waals surface area (Å²) in [4.78, 5) is 39.4. The second kappa shape index (κ2) is 12.9. The molecule has 1 aromatic carbocycles. The number of rotatable bonds is 11. The van der Waals surface area contributed by atoms with Crippen molar-refractivity contribution >= 4 is 17.9 Å². The molecule has 9 nitrogen and oxygen atoms in total. The zero-order valence-corrected chi connectivity index (χ0v) is 21.9. The lowest BCUT2D eigenvalue weighted by Crippen LogP contribution is -2.38. The van der Waals surface area contributed by atoms with Gasteiger partial charge in [0.15, 0.2) is 5.75 Å². The molecule has 2 heterocycles.